The summed E-state index contributed by atoms with van der Waals surface area (Å²) in [4.78, 5) is 13.9. The summed E-state index contributed by atoms with van der Waals surface area (Å²) < 4.78 is 0. The second-order valence-electron chi connectivity index (χ2n) is 5.25. The third kappa shape index (κ3) is 3.25. The van der Waals surface area contributed by atoms with Crippen molar-refractivity contribution in [1.82, 2.24) is 4.90 Å². The molecule has 0 bridgehead atoms. The van der Waals surface area contributed by atoms with Crippen molar-refractivity contribution in [1.29, 1.82) is 0 Å². The van der Waals surface area contributed by atoms with Crippen LogP contribution in [0.4, 0.5) is 10.5 Å². The molecule has 1 aliphatic rings. The second kappa shape index (κ2) is 5.89. The van der Waals surface area contributed by atoms with Crippen molar-refractivity contribution < 1.29 is 4.79 Å². The molecule has 1 N–H and O–H groups in total. The van der Waals surface area contributed by atoms with E-state index in [9.17, 15) is 4.79 Å². The number of carbonyl (C=O) groups is 1. The van der Waals surface area contributed by atoms with Crippen molar-refractivity contribution >= 4 is 11.7 Å². The lowest BCUT2D eigenvalue weighted by Crippen LogP contribution is -2.38. The third-order valence-corrected chi connectivity index (χ3v) is 3.47. The van der Waals surface area contributed by atoms with Crippen LogP contribution in [0.5, 0.6) is 0 Å². The highest BCUT2D eigenvalue weighted by atomic mass is 16.2. The van der Waals surface area contributed by atoms with Gasteiger partial charge in [-0.1, -0.05) is 26.0 Å². The Morgan fingerprint density at radius 1 is 1.11 bits per heavy atom. The standard InChI is InChI=1S/C15H22N2O/c1-12(2)13-6-8-14(9-7-13)16-15(18)17-10-4-3-5-11-17/h6-9,12H,3-5,10-11H2,1-2H3,(H,16,18). The minimum atomic E-state index is 0.0343. The van der Waals surface area contributed by atoms with Crippen LogP contribution >= 0.6 is 0 Å². The van der Waals surface area contributed by atoms with Gasteiger partial charge >= 0.3 is 6.03 Å². The van der Waals surface area contributed by atoms with Crippen LogP contribution in [-0.4, -0.2) is 24.0 Å². The number of carbonyl (C=O) groups excluding carboxylic acids is 1. The maximum Gasteiger partial charge on any atom is 0.321 e. The van der Waals surface area contributed by atoms with Crippen LogP contribution in [0.3, 0.4) is 0 Å². The molecule has 0 aromatic heterocycles. The highest BCUT2D eigenvalue weighted by Gasteiger charge is 2.16. The Morgan fingerprint density at radius 3 is 2.28 bits per heavy atom. The Bertz CT molecular complexity index is 391. The minimum Gasteiger partial charge on any atom is -0.325 e. The molecule has 1 heterocycles. The predicted octanol–water partition coefficient (Wildman–Crippen LogP) is 3.83. The second-order valence-corrected chi connectivity index (χ2v) is 5.25. The molecule has 0 saturated carbocycles. The predicted molar refractivity (Wildman–Crippen MR) is 75.0 cm³/mol. The van der Waals surface area contributed by atoms with Crippen LogP contribution in [0.1, 0.15) is 44.6 Å². The molecular formula is C15H22N2O. The number of hydrogen-bond donors (Lipinski definition) is 1. The average molecular weight is 246 g/mol. The van der Waals surface area contributed by atoms with Gasteiger partial charge in [0.25, 0.3) is 0 Å². The molecule has 1 aromatic carbocycles. The zero-order valence-corrected chi connectivity index (χ0v) is 11.3. The van der Waals surface area contributed by atoms with Gasteiger partial charge in [0.15, 0.2) is 0 Å². The first kappa shape index (κ1) is 12.9. The first-order valence-corrected chi connectivity index (χ1v) is 6.82. The number of amides is 2. The van der Waals surface area contributed by atoms with Gasteiger partial charge in [-0.15, -0.1) is 0 Å². The summed E-state index contributed by atoms with van der Waals surface area (Å²) >= 11 is 0. The van der Waals surface area contributed by atoms with Crippen molar-refractivity contribution in [3.8, 4) is 0 Å². The van der Waals surface area contributed by atoms with E-state index in [0.29, 0.717) is 5.92 Å². The fourth-order valence-corrected chi connectivity index (χ4v) is 2.25. The summed E-state index contributed by atoms with van der Waals surface area (Å²) in [5.74, 6) is 0.525. The number of anilines is 1. The average Bonchev–Trinajstić information content (AvgIpc) is 2.40. The maximum absolute atomic E-state index is 12.0. The van der Waals surface area contributed by atoms with E-state index in [4.69, 9.17) is 0 Å². The number of benzene rings is 1. The van der Waals surface area contributed by atoms with Crippen LogP contribution in [0.15, 0.2) is 24.3 Å². The molecule has 3 nitrogen and oxygen atoms in total. The van der Waals surface area contributed by atoms with Gasteiger partial charge in [-0.25, -0.2) is 4.79 Å². The Hall–Kier alpha value is -1.51. The summed E-state index contributed by atoms with van der Waals surface area (Å²) in [6.45, 7) is 6.11. The van der Waals surface area contributed by atoms with Crippen LogP contribution < -0.4 is 5.32 Å². The Labute approximate surface area is 109 Å². The minimum absolute atomic E-state index is 0.0343. The van der Waals surface area contributed by atoms with Gasteiger partial charge in [0.05, 0.1) is 0 Å². The number of likely N-dealkylation sites (tertiary alicyclic amines) is 1. The molecule has 1 fully saturated rings. The lowest BCUT2D eigenvalue weighted by molar-refractivity contribution is 0.200. The monoisotopic (exact) mass is 246 g/mol. The largest absolute Gasteiger partial charge is 0.325 e. The molecule has 3 heteroatoms. The number of rotatable bonds is 2. The topological polar surface area (TPSA) is 32.3 Å². The van der Waals surface area contributed by atoms with Gasteiger partial charge in [-0.05, 0) is 42.9 Å². The van der Waals surface area contributed by atoms with E-state index in [1.54, 1.807) is 0 Å². The van der Waals surface area contributed by atoms with E-state index in [1.807, 2.05) is 17.0 Å². The van der Waals surface area contributed by atoms with Crippen LogP contribution in [0.2, 0.25) is 0 Å². The van der Waals surface area contributed by atoms with Crippen molar-refractivity contribution in [2.45, 2.75) is 39.0 Å². The Morgan fingerprint density at radius 2 is 1.72 bits per heavy atom. The van der Waals surface area contributed by atoms with Crippen molar-refractivity contribution in [3.63, 3.8) is 0 Å². The molecule has 0 aliphatic carbocycles. The van der Waals surface area contributed by atoms with Gasteiger partial charge in [0.1, 0.15) is 0 Å². The third-order valence-electron chi connectivity index (χ3n) is 3.47. The van der Waals surface area contributed by atoms with E-state index in [2.05, 4.69) is 31.3 Å². The van der Waals surface area contributed by atoms with Gasteiger partial charge < -0.3 is 10.2 Å². The van der Waals surface area contributed by atoms with E-state index in [-0.39, 0.29) is 6.03 Å². The molecule has 0 radical (unpaired) electrons. The molecular weight excluding hydrogens is 224 g/mol. The number of piperidine rings is 1. The lowest BCUT2D eigenvalue weighted by Gasteiger charge is -2.26. The fourth-order valence-electron chi connectivity index (χ4n) is 2.25. The fraction of sp³-hybridized carbons (Fsp3) is 0.533. The lowest BCUT2D eigenvalue weighted by atomic mass is 10.0. The highest BCUT2D eigenvalue weighted by Crippen LogP contribution is 2.18. The zero-order valence-electron chi connectivity index (χ0n) is 11.3. The summed E-state index contributed by atoms with van der Waals surface area (Å²) in [6, 6.07) is 8.16. The first-order valence-electron chi connectivity index (χ1n) is 6.82. The summed E-state index contributed by atoms with van der Waals surface area (Å²) in [5.41, 5.74) is 2.18. The van der Waals surface area contributed by atoms with Crippen molar-refractivity contribution in [2.75, 3.05) is 18.4 Å². The Kier molecular flexibility index (Phi) is 4.24. The molecule has 1 aromatic rings. The van der Waals surface area contributed by atoms with E-state index in [1.165, 1.54) is 12.0 Å². The zero-order chi connectivity index (χ0) is 13.0. The van der Waals surface area contributed by atoms with E-state index < -0.39 is 0 Å². The summed E-state index contributed by atoms with van der Waals surface area (Å²) in [5, 5.41) is 2.96. The SMILES string of the molecule is CC(C)c1ccc(NC(=O)N2CCCCC2)cc1. The molecule has 0 unspecified atom stereocenters. The summed E-state index contributed by atoms with van der Waals surface area (Å²) in [6.07, 6.45) is 3.49. The Balaban J connectivity index is 1.94. The quantitative estimate of drug-likeness (QED) is 0.845. The molecule has 2 amide bonds. The van der Waals surface area contributed by atoms with Gasteiger partial charge in [-0.2, -0.15) is 0 Å². The summed E-state index contributed by atoms with van der Waals surface area (Å²) in [7, 11) is 0. The number of nitrogens with one attached hydrogen (secondary N) is 1. The number of hydrogen-bond acceptors (Lipinski definition) is 1. The smallest absolute Gasteiger partial charge is 0.321 e. The molecule has 1 saturated heterocycles. The van der Waals surface area contributed by atoms with Crippen LogP contribution in [-0.2, 0) is 0 Å². The molecule has 0 spiro atoms. The maximum atomic E-state index is 12.0. The van der Waals surface area contributed by atoms with E-state index in [0.717, 1.165) is 31.6 Å². The molecule has 2 rings (SSSR count). The first-order chi connectivity index (χ1) is 8.66. The molecule has 1 aliphatic heterocycles. The molecule has 0 atom stereocenters. The molecule has 98 valence electrons. The van der Waals surface area contributed by atoms with Crippen LogP contribution in [0.25, 0.3) is 0 Å². The van der Waals surface area contributed by atoms with Crippen molar-refractivity contribution in [2.24, 2.45) is 0 Å². The van der Waals surface area contributed by atoms with Gasteiger partial charge in [0, 0.05) is 18.8 Å². The van der Waals surface area contributed by atoms with Crippen LogP contribution in [0, 0.1) is 0 Å². The number of nitrogens with zero attached hydrogens (tertiary/aromatic N) is 1. The normalized spacial score (nSPS) is 15.8. The highest BCUT2D eigenvalue weighted by molar-refractivity contribution is 5.89. The molecule has 18 heavy (non-hydrogen) atoms. The van der Waals surface area contributed by atoms with Crippen molar-refractivity contribution in [3.05, 3.63) is 29.8 Å². The number of urea groups is 1. The van der Waals surface area contributed by atoms with Gasteiger partial charge in [-0.3, -0.25) is 0 Å². The van der Waals surface area contributed by atoms with E-state index >= 15 is 0 Å². The van der Waals surface area contributed by atoms with Gasteiger partial charge in [0.2, 0.25) is 0 Å².